The molecule has 0 radical (unpaired) electrons. The van der Waals surface area contributed by atoms with Crippen LogP contribution in [0.5, 0.6) is 17.2 Å². The van der Waals surface area contributed by atoms with E-state index in [9.17, 15) is 9.59 Å². The normalized spacial score (nSPS) is 13.9. The number of carbonyl (C=O) groups is 2. The Hall–Kier alpha value is -3.49. The van der Waals surface area contributed by atoms with Crippen LogP contribution in [0.2, 0.25) is 0 Å². The molecular weight excluding hydrogens is 414 g/mol. The molecule has 1 saturated heterocycles. The molecule has 0 saturated carbocycles. The van der Waals surface area contributed by atoms with Gasteiger partial charge in [0.05, 0.1) is 39.1 Å². The number of aromatic nitrogens is 1. The van der Waals surface area contributed by atoms with Gasteiger partial charge >= 0.3 is 5.97 Å². The molecule has 3 rings (SSSR count). The summed E-state index contributed by atoms with van der Waals surface area (Å²) in [6, 6.07) is 6.83. The van der Waals surface area contributed by atoms with E-state index in [1.54, 1.807) is 36.1 Å². The summed E-state index contributed by atoms with van der Waals surface area (Å²) in [5.74, 6) is 1.65. The van der Waals surface area contributed by atoms with Crippen LogP contribution in [0, 0.1) is 0 Å². The van der Waals surface area contributed by atoms with Crippen LogP contribution in [0.4, 0.5) is 5.82 Å². The van der Waals surface area contributed by atoms with E-state index in [0.717, 1.165) is 18.8 Å². The van der Waals surface area contributed by atoms with Crippen molar-refractivity contribution in [3.63, 3.8) is 0 Å². The second kappa shape index (κ2) is 10.7. The highest BCUT2D eigenvalue weighted by Crippen LogP contribution is 2.35. The quantitative estimate of drug-likeness (QED) is 0.604. The first kappa shape index (κ1) is 23.2. The van der Waals surface area contributed by atoms with Crippen molar-refractivity contribution in [3.8, 4) is 17.2 Å². The summed E-state index contributed by atoms with van der Waals surface area (Å²) < 4.78 is 21.1. The van der Waals surface area contributed by atoms with E-state index in [0.29, 0.717) is 54.6 Å². The maximum atomic E-state index is 13.3. The lowest BCUT2D eigenvalue weighted by molar-refractivity contribution is 0.0525. The average Bonchev–Trinajstić information content (AvgIpc) is 3.09. The Bertz CT molecular complexity index is 947. The Labute approximate surface area is 187 Å². The minimum Gasteiger partial charge on any atom is -0.496 e. The fraction of sp³-hybridized carbons (Fsp3) is 0.435. The molecule has 9 nitrogen and oxygen atoms in total. The Kier molecular flexibility index (Phi) is 7.75. The highest BCUT2D eigenvalue weighted by Gasteiger charge is 2.25. The predicted octanol–water partition coefficient (Wildman–Crippen LogP) is 2.64. The molecule has 32 heavy (non-hydrogen) atoms. The van der Waals surface area contributed by atoms with Crippen LogP contribution >= 0.6 is 0 Å². The third-order valence-corrected chi connectivity index (χ3v) is 5.30. The molecule has 0 unspecified atom stereocenters. The van der Waals surface area contributed by atoms with Gasteiger partial charge in [0.25, 0.3) is 5.91 Å². The number of anilines is 1. The zero-order chi connectivity index (χ0) is 23.1. The molecule has 1 fully saturated rings. The number of rotatable bonds is 7. The fourth-order valence-electron chi connectivity index (χ4n) is 3.62. The van der Waals surface area contributed by atoms with Gasteiger partial charge in [-0.3, -0.25) is 4.79 Å². The molecule has 0 spiro atoms. The van der Waals surface area contributed by atoms with Gasteiger partial charge in [-0.1, -0.05) is 0 Å². The number of hydrogen-bond acceptors (Lipinski definition) is 8. The van der Waals surface area contributed by atoms with Gasteiger partial charge < -0.3 is 28.7 Å². The lowest BCUT2D eigenvalue weighted by atomic mass is 10.1. The van der Waals surface area contributed by atoms with E-state index in [1.807, 2.05) is 0 Å². The van der Waals surface area contributed by atoms with Gasteiger partial charge in [0, 0.05) is 44.5 Å². The molecule has 9 heteroatoms. The van der Waals surface area contributed by atoms with Crippen LogP contribution in [-0.2, 0) is 4.74 Å². The fourth-order valence-corrected chi connectivity index (χ4v) is 3.62. The van der Waals surface area contributed by atoms with Crippen molar-refractivity contribution in [2.24, 2.45) is 0 Å². The number of nitrogens with zero attached hydrogens (tertiary/aromatic N) is 3. The van der Waals surface area contributed by atoms with Gasteiger partial charge in [-0.05, 0) is 25.5 Å². The SMILES string of the molecule is CCOC(=O)c1ccc(N2CCCN(C(=O)c3cc(OC)c(OC)cc3OC)CC2)nc1. The van der Waals surface area contributed by atoms with Crippen LogP contribution in [0.3, 0.4) is 0 Å². The standard InChI is InChI=1S/C23H29N3O6/c1-5-32-23(28)16-7-8-21(24-15-16)25-9-6-10-26(12-11-25)22(27)17-13-19(30-3)20(31-4)14-18(17)29-2/h7-8,13-15H,5-6,9-12H2,1-4H3. The van der Waals surface area contributed by atoms with Crippen LogP contribution < -0.4 is 19.1 Å². The largest absolute Gasteiger partial charge is 0.496 e. The highest BCUT2D eigenvalue weighted by atomic mass is 16.5. The molecule has 1 aromatic carbocycles. The molecule has 2 heterocycles. The molecule has 0 aliphatic carbocycles. The van der Waals surface area contributed by atoms with E-state index in [4.69, 9.17) is 18.9 Å². The molecule has 1 aromatic heterocycles. The second-order valence-electron chi connectivity index (χ2n) is 7.17. The molecule has 0 atom stereocenters. The van der Waals surface area contributed by atoms with Crippen molar-refractivity contribution in [1.82, 2.24) is 9.88 Å². The zero-order valence-electron chi connectivity index (χ0n) is 18.9. The highest BCUT2D eigenvalue weighted by molar-refractivity contribution is 5.98. The predicted molar refractivity (Wildman–Crippen MR) is 119 cm³/mol. The lowest BCUT2D eigenvalue weighted by Crippen LogP contribution is -2.35. The zero-order valence-corrected chi connectivity index (χ0v) is 18.9. The van der Waals surface area contributed by atoms with Crippen LogP contribution in [0.1, 0.15) is 34.1 Å². The van der Waals surface area contributed by atoms with E-state index < -0.39 is 0 Å². The number of benzene rings is 1. The van der Waals surface area contributed by atoms with Gasteiger partial charge in [-0.2, -0.15) is 0 Å². The van der Waals surface area contributed by atoms with Gasteiger partial charge in [0.2, 0.25) is 0 Å². The first-order valence-electron chi connectivity index (χ1n) is 10.5. The van der Waals surface area contributed by atoms with Crippen molar-refractivity contribution in [1.29, 1.82) is 0 Å². The number of pyridine rings is 1. The molecule has 1 aliphatic heterocycles. The Morgan fingerprint density at radius 3 is 2.28 bits per heavy atom. The lowest BCUT2D eigenvalue weighted by Gasteiger charge is -2.24. The molecule has 0 N–H and O–H groups in total. The van der Waals surface area contributed by atoms with Crippen LogP contribution in [-0.4, -0.2) is 75.9 Å². The monoisotopic (exact) mass is 443 g/mol. The summed E-state index contributed by atoms with van der Waals surface area (Å²) in [5.41, 5.74) is 0.846. The summed E-state index contributed by atoms with van der Waals surface area (Å²) in [4.78, 5) is 33.4. The van der Waals surface area contributed by atoms with Gasteiger partial charge in [0.1, 0.15) is 11.6 Å². The van der Waals surface area contributed by atoms with Crippen molar-refractivity contribution in [3.05, 3.63) is 41.6 Å². The Morgan fingerprint density at radius 2 is 1.66 bits per heavy atom. The summed E-state index contributed by atoms with van der Waals surface area (Å²) >= 11 is 0. The number of carbonyl (C=O) groups excluding carboxylic acids is 2. The third kappa shape index (κ3) is 5.04. The van der Waals surface area contributed by atoms with Gasteiger partial charge in [-0.25, -0.2) is 9.78 Å². The molecule has 1 aliphatic rings. The Morgan fingerprint density at radius 1 is 0.938 bits per heavy atom. The summed E-state index contributed by atoms with van der Waals surface area (Å²) in [7, 11) is 4.59. The van der Waals surface area contributed by atoms with Crippen LogP contribution in [0.15, 0.2) is 30.5 Å². The number of methoxy groups -OCH3 is 3. The van der Waals surface area contributed by atoms with E-state index >= 15 is 0 Å². The smallest absolute Gasteiger partial charge is 0.339 e. The summed E-state index contributed by atoms with van der Waals surface area (Å²) in [6.45, 7) is 4.58. The maximum Gasteiger partial charge on any atom is 0.339 e. The van der Waals surface area contributed by atoms with E-state index in [1.165, 1.54) is 27.5 Å². The number of amides is 1. The minimum atomic E-state index is -0.386. The van der Waals surface area contributed by atoms with Crippen molar-refractivity contribution in [2.45, 2.75) is 13.3 Å². The average molecular weight is 444 g/mol. The number of hydrogen-bond donors (Lipinski definition) is 0. The van der Waals surface area contributed by atoms with E-state index in [2.05, 4.69) is 9.88 Å². The number of esters is 1. The van der Waals surface area contributed by atoms with Crippen molar-refractivity contribution >= 4 is 17.7 Å². The summed E-state index contributed by atoms with van der Waals surface area (Å²) in [5, 5.41) is 0. The van der Waals surface area contributed by atoms with Gasteiger partial charge in [-0.15, -0.1) is 0 Å². The van der Waals surface area contributed by atoms with Gasteiger partial charge in [0.15, 0.2) is 11.5 Å². The first-order chi connectivity index (χ1) is 15.5. The van der Waals surface area contributed by atoms with Crippen molar-refractivity contribution < 1.29 is 28.5 Å². The maximum absolute atomic E-state index is 13.3. The first-order valence-corrected chi connectivity index (χ1v) is 10.5. The second-order valence-corrected chi connectivity index (χ2v) is 7.17. The Balaban J connectivity index is 1.73. The summed E-state index contributed by atoms with van der Waals surface area (Å²) in [6.07, 6.45) is 2.30. The van der Waals surface area contributed by atoms with E-state index in [-0.39, 0.29) is 11.9 Å². The molecule has 172 valence electrons. The topological polar surface area (TPSA) is 90.4 Å². The molecule has 1 amide bonds. The molecule has 2 aromatic rings. The minimum absolute atomic E-state index is 0.129. The molecular formula is C23H29N3O6. The van der Waals surface area contributed by atoms with Crippen molar-refractivity contribution in [2.75, 3.05) is 59.0 Å². The third-order valence-electron chi connectivity index (χ3n) is 5.30. The molecule has 0 bridgehead atoms. The van der Waals surface area contributed by atoms with Crippen LogP contribution in [0.25, 0.3) is 0 Å². The number of ether oxygens (including phenoxy) is 4.